The highest BCUT2D eigenvalue weighted by atomic mass is 35.5. The number of carbonyl (C=O) groups excluding carboxylic acids is 1. The summed E-state index contributed by atoms with van der Waals surface area (Å²) in [5.74, 6) is -1.16. The number of urea groups is 1. The summed E-state index contributed by atoms with van der Waals surface area (Å²) in [6, 6.07) is 6.10. The largest absolute Gasteiger partial charge is 0.357 e. The Kier molecular flexibility index (Phi) is 8.32. The molecule has 12 heteroatoms. The van der Waals surface area contributed by atoms with Gasteiger partial charge >= 0.3 is 6.03 Å². The van der Waals surface area contributed by atoms with E-state index in [1.807, 2.05) is 6.26 Å². The van der Waals surface area contributed by atoms with Crippen molar-refractivity contribution >= 4 is 40.8 Å². The van der Waals surface area contributed by atoms with E-state index in [2.05, 4.69) is 20.4 Å². The van der Waals surface area contributed by atoms with E-state index in [4.69, 9.17) is 21.4 Å². The molecule has 188 valence electrons. The summed E-state index contributed by atoms with van der Waals surface area (Å²) in [5.41, 5.74) is 1.69. The molecule has 3 aromatic rings. The minimum absolute atomic E-state index is 0.0312. The third-order valence-corrected chi connectivity index (χ3v) is 6.49. The summed E-state index contributed by atoms with van der Waals surface area (Å²) in [5, 5.41) is 7.48. The molecule has 36 heavy (non-hydrogen) atoms. The lowest BCUT2D eigenvalue weighted by Crippen LogP contribution is -2.41. The number of benzene rings is 1. The number of pyridine rings is 1. The molecule has 2 amide bonds. The number of para-hydroxylation sites is 1. The van der Waals surface area contributed by atoms with Gasteiger partial charge in [-0.1, -0.05) is 34.6 Å². The van der Waals surface area contributed by atoms with Crippen LogP contribution in [-0.4, -0.2) is 50.9 Å². The molecule has 1 aliphatic rings. The zero-order valence-corrected chi connectivity index (χ0v) is 21.1. The van der Waals surface area contributed by atoms with Crippen molar-refractivity contribution in [3.63, 3.8) is 0 Å². The number of carbonyl (C=O) groups is 1. The molecule has 4 rings (SSSR count). The Morgan fingerprint density at radius 3 is 2.61 bits per heavy atom. The van der Waals surface area contributed by atoms with Crippen LogP contribution in [0, 0.1) is 11.6 Å². The highest BCUT2D eigenvalue weighted by Crippen LogP contribution is 2.31. The maximum atomic E-state index is 13.9. The van der Waals surface area contributed by atoms with E-state index in [0.717, 1.165) is 23.4 Å². The van der Waals surface area contributed by atoms with E-state index in [-0.39, 0.29) is 5.92 Å². The predicted molar refractivity (Wildman–Crippen MR) is 135 cm³/mol. The number of aromatic nitrogens is 3. The van der Waals surface area contributed by atoms with Crippen molar-refractivity contribution < 1.29 is 18.4 Å². The van der Waals surface area contributed by atoms with Gasteiger partial charge in [0.25, 0.3) is 0 Å². The summed E-state index contributed by atoms with van der Waals surface area (Å²) in [7, 11) is 0. The normalized spacial score (nSPS) is 14.6. The molecule has 0 aliphatic carbocycles. The second-order valence-electron chi connectivity index (χ2n) is 8.03. The maximum Gasteiger partial charge on any atom is 0.322 e. The molecule has 2 aromatic heterocycles. The Morgan fingerprint density at radius 1 is 1.22 bits per heavy atom. The standard InChI is InChI=1S/C24H23ClF2N6O2S/c1-14(32-35-16-6-9-28-20(25)12-16)17-13-29-23(36-2)30-21(17)15-7-10-33(11-8-15)24(34)31-22-18(26)4-3-5-19(22)27/h3-6,9,12-13,15H,7-8,10-11H2,1-2H3,(H,31,34)/b32-14+. The van der Waals surface area contributed by atoms with Gasteiger partial charge in [-0.05, 0) is 38.2 Å². The predicted octanol–water partition coefficient (Wildman–Crippen LogP) is 5.74. The van der Waals surface area contributed by atoms with Gasteiger partial charge < -0.3 is 15.1 Å². The first kappa shape index (κ1) is 25.8. The van der Waals surface area contributed by atoms with Crippen LogP contribution in [0.3, 0.4) is 0 Å². The van der Waals surface area contributed by atoms with Crippen LogP contribution >= 0.6 is 23.4 Å². The van der Waals surface area contributed by atoms with Gasteiger partial charge in [0.2, 0.25) is 0 Å². The van der Waals surface area contributed by atoms with Gasteiger partial charge in [-0.2, -0.15) is 0 Å². The molecule has 1 aromatic carbocycles. The molecule has 1 N–H and O–H groups in total. The van der Waals surface area contributed by atoms with Gasteiger partial charge in [0.05, 0.1) is 11.4 Å². The van der Waals surface area contributed by atoms with Gasteiger partial charge in [0.1, 0.15) is 22.5 Å². The zero-order valence-electron chi connectivity index (χ0n) is 19.5. The number of anilines is 1. The molecule has 1 aliphatic heterocycles. The second-order valence-corrected chi connectivity index (χ2v) is 9.19. The molecular formula is C24H23ClF2N6O2S. The highest BCUT2D eigenvalue weighted by Gasteiger charge is 2.28. The fourth-order valence-corrected chi connectivity index (χ4v) is 4.35. The SMILES string of the molecule is CSc1ncc(/C(C)=N/Oc2ccnc(Cl)c2)c(C2CCN(C(=O)Nc3c(F)cccc3F)CC2)n1. The number of halogens is 3. The third kappa shape index (κ3) is 6.08. The number of oxime groups is 1. The molecule has 0 saturated carbocycles. The van der Waals surface area contributed by atoms with E-state index in [1.165, 1.54) is 28.9 Å². The lowest BCUT2D eigenvalue weighted by Gasteiger charge is -2.32. The Bertz CT molecular complexity index is 1270. The Balaban J connectivity index is 1.47. The summed E-state index contributed by atoms with van der Waals surface area (Å²) < 4.78 is 27.8. The van der Waals surface area contributed by atoms with Crippen molar-refractivity contribution in [1.29, 1.82) is 0 Å². The van der Waals surface area contributed by atoms with Gasteiger partial charge in [-0.3, -0.25) is 0 Å². The molecule has 0 spiro atoms. The molecule has 1 fully saturated rings. The van der Waals surface area contributed by atoms with Crippen LogP contribution < -0.4 is 10.2 Å². The van der Waals surface area contributed by atoms with E-state index in [1.54, 1.807) is 25.3 Å². The van der Waals surface area contributed by atoms with Gasteiger partial charge in [0, 0.05) is 49.1 Å². The maximum absolute atomic E-state index is 13.9. The average Bonchev–Trinajstić information content (AvgIpc) is 2.89. The number of rotatable bonds is 6. The number of nitrogens with one attached hydrogen (secondary N) is 1. The first-order valence-corrected chi connectivity index (χ1v) is 12.7. The summed E-state index contributed by atoms with van der Waals surface area (Å²) in [4.78, 5) is 32.7. The van der Waals surface area contributed by atoms with Crippen LogP contribution in [-0.2, 0) is 0 Å². The van der Waals surface area contributed by atoms with E-state index >= 15 is 0 Å². The van der Waals surface area contributed by atoms with E-state index < -0.39 is 23.4 Å². The van der Waals surface area contributed by atoms with E-state index in [9.17, 15) is 13.6 Å². The fourth-order valence-electron chi connectivity index (χ4n) is 3.84. The van der Waals surface area contributed by atoms with Crippen LogP contribution in [0.15, 0.2) is 53.0 Å². The number of likely N-dealkylation sites (tertiary alicyclic amines) is 1. The van der Waals surface area contributed by atoms with Crippen molar-refractivity contribution in [3.05, 3.63) is 70.8 Å². The lowest BCUT2D eigenvalue weighted by atomic mass is 9.90. The van der Waals surface area contributed by atoms with Crippen LogP contribution in [0.1, 0.15) is 36.9 Å². The molecular weight excluding hydrogens is 510 g/mol. The van der Waals surface area contributed by atoms with Gasteiger partial charge in [0.15, 0.2) is 10.9 Å². The summed E-state index contributed by atoms with van der Waals surface area (Å²) >= 11 is 7.33. The van der Waals surface area contributed by atoms with Crippen molar-refractivity contribution in [3.8, 4) is 5.75 Å². The number of hydrogen-bond acceptors (Lipinski definition) is 7. The number of piperidine rings is 1. The number of thioether (sulfide) groups is 1. The Labute approximate surface area is 216 Å². The lowest BCUT2D eigenvalue weighted by molar-refractivity contribution is 0.193. The fraction of sp³-hybridized carbons (Fsp3) is 0.292. The van der Waals surface area contributed by atoms with Crippen LogP contribution in [0.25, 0.3) is 0 Å². The van der Waals surface area contributed by atoms with E-state index in [0.29, 0.717) is 47.7 Å². The van der Waals surface area contributed by atoms with Crippen LogP contribution in [0.2, 0.25) is 5.15 Å². The molecule has 3 heterocycles. The molecule has 0 radical (unpaired) electrons. The number of amides is 2. The monoisotopic (exact) mass is 532 g/mol. The first-order chi connectivity index (χ1) is 17.4. The molecule has 0 bridgehead atoms. The molecule has 0 unspecified atom stereocenters. The van der Waals surface area contributed by atoms with Crippen molar-refractivity contribution in [1.82, 2.24) is 19.9 Å². The van der Waals surface area contributed by atoms with Crippen LogP contribution in [0.5, 0.6) is 5.75 Å². The number of hydrogen-bond donors (Lipinski definition) is 1. The zero-order chi connectivity index (χ0) is 25.7. The minimum Gasteiger partial charge on any atom is -0.357 e. The average molecular weight is 533 g/mol. The molecule has 1 saturated heterocycles. The Morgan fingerprint density at radius 2 is 1.94 bits per heavy atom. The summed E-state index contributed by atoms with van der Waals surface area (Å²) in [6.45, 7) is 2.59. The van der Waals surface area contributed by atoms with Crippen LogP contribution in [0.4, 0.5) is 19.3 Å². The Hall–Kier alpha value is -3.31. The topological polar surface area (TPSA) is 92.6 Å². The van der Waals surface area contributed by atoms with Crippen molar-refractivity contribution in [2.45, 2.75) is 30.8 Å². The third-order valence-electron chi connectivity index (χ3n) is 5.72. The number of nitrogens with zero attached hydrogens (tertiary/aromatic N) is 5. The quantitative estimate of drug-likeness (QED) is 0.143. The van der Waals surface area contributed by atoms with Crippen molar-refractivity contribution in [2.24, 2.45) is 5.16 Å². The summed E-state index contributed by atoms with van der Waals surface area (Å²) in [6.07, 6.45) is 6.35. The highest BCUT2D eigenvalue weighted by molar-refractivity contribution is 7.98. The van der Waals surface area contributed by atoms with Gasteiger partial charge in [-0.15, -0.1) is 0 Å². The molecule has 8 nitrogen and oxygen atoms in total. The smallest absolute Gasteiger partial charge is 0.322 e. The first-order valence-electron chi connectivity index (χ1n) is 11.1. The minimum atomic E-state index is -0.820. The molecule has 0 atom stereocenters. The van der Waals surface area contributed by atoms with Gasteiger partial charge in [-0.25, -0.2) is 28.5 Å². The second kappa shape index (κ2) is 11.6. The van der Waals surface area contributed by atoms with Crippen molar-refractivity contribution in [2.75, 3.05) is 24.7 Å².